The van der Waals surface area contributed by atoms with E-state index >= 15 is 0 Å². The summed E-state index contributed by atoms with van der Waals surface area (Å²) in [5.41, 5.74) is 8.57. The number of amides is 2. The molecule has 7 heteroatoms. The standard InChI is InChI=1S/C15H13Cl2N3O2/c16-12-6-5-11(13(17)7-12)9-22-14-4-2-1-3-10(14)8-19-20-15(18)21/h1-8H,9H2,(H3,18,20,21)/b19-8+. The summed E-state index contributed by atoms with van der Waals surface area (Å²) in [4.78, 5) is 10.6. The molecule has 2 aromatic rings. The van der Waals surface area contributed by atoms with E-state index in [0.717, 1.165) is 5.56 Å². The number of ether oxygens (including phenoxy) is 1. The number of rotatable bonds is 5. The molecule has 0 aliphatic heterocycles. The fourth-order valence-electron chi connectivity index (χ4n) is 1.68. The van der Waals surface area contributed by atoms with E-state index in [9.17, 15) is 4.79 Å². The zero-order chi connectivity index (χ0) is 15.9. The van der Waals surface area contributed by atoms with E-state index < -0.39 is 6.03 Å². The van der Waals surface area contributed by atoms with Crippen LogP contribution in [0, 0.1) is 0 Å². The third kappa shape index (κ3) is 4.65. The van der Waals surface area contributed by atoms with Gasteiger partial charge >= 0.3 is 6.03 Å². The number of benzene rings is 2. The van der Waals surface area contributed by atoms with E-state index in [2.05, 4.69) is 10.5 Å². The lowest BCUT2D eigenvalue weighted by molar-refractivity contribution is 0.249. The maximum atomic E-state index is 10.6. The Bertz CT molecular complexity index is 705. The fraction of sp³-hybridized carbons (Fsp3) is 0.0667. The van der Waals surface area contributed by atoms with Crippen LogP contribution in [-0.4, -0.2) is 12.2 Å². The quantitative estimate of drug-likeness (QED) is 0.646. The average Bonchev–Trinajstić information content (AvgIpc) is 2.47. The summed E-state index contributed by atoms with van der Waals surface area (Å²) in [5.74, 6) is 0.600. The fourth-order valence-corrected chi connectivity index (χ4v) is 2.14. The summed E-state index contributed by atoms with van der Waals surface area (Å²) in [6.07, 6.45) is 1.45. The number of carbonyl (C=O) groups excluding carboxylic acids is 1. The zero-order valence-electron chi connectivity index (χ0n) is 11.4. The van der Waals surface area contributed by atoms with Gasteiger partial charge < -0.3 is 10.5 Å². The lowest BCUT2D eigenvalue weighted by Crippen LogP contribution is -2.24. The van der Waals surface area contributed by atoms with Crippen molar-refractivity contribution < 1.29 is 9.53 Å². The molecule has 0 aromatic heterocycles. The molecule has 0 saturated carbocycles. The van der Waals surface area contributed by atoms with Gasteiger partial charge in [-0.05, 0) is 24.3 Å². The number of nitrogens with two attached hydrogens (primary N) is 1. The molecule has 0 bridgehead atoms. The molecule has 0 radical (unpaired) electrons. The third-order valence-electron chi connectivity index (χ3n) is 2.70. The highest BCUT2D eigenvalue weighted by Crippen LogP contribution is 2.23. The van der Waals surface area contributed by atoms with Gasteiger partial charge in [0.25, 0.3) is 0 Å². The van der Waals surface area contributed by atoms with Crippen molar-refractivity contribution in [1.82, 2.24) is 5.43 Å². The number of nitrogens with zero attached hydrogens (tertiary/aromatic N) is 1. The number of nitrogens with one attached hydrogen (secondary N) is 1. The molecule has 2 rings (SSSR count). The van der Waals surface area contributed by atoms with Crippen LogP contribution in [0.3, 0.4) is 0 Å². The number of carbonyl (C=O) groups is 1. The third-order valence-corrected chi connectivity index (χ3v) is 3.28. The van der Waals surface area contributed by atoms with Crippen molar-refractivity contribution in [2.75, 3.05) is 0 Å². The van der Waals surface area contributed by atoms with Crippen LogP contribution in [0.4, 0.5) is 4.79 Å². The van der Waals surface area contributed by atoms with Gasteiger partial charge in [-0.3, -0.25) is 0 Å². The van der Waals surface area contributed by atoms with E-state index in [1.54, 1.807) is 30.3 Å². The SMILES string of the molecule is NC(=O)N/N=C/c1ccccc1OCc1ccc(Cl)cc1Cl. The summed E-state index contributed by atoms with van der Waals surface area (Å²) in [5, 5.41) is 4.82. The molecule has 114 valence electrons. The monoisotopic (exact) mass is 337 g/mol. The highest BCUT2D eigenvalue weighted by Gasteiger charge is 2.05. The first-order valence-corrected chi connectivity index (χ1v) is 7.06. The van der Waals surface area contributed by atoms with Crippen molar-refractivity contribution in [3.05, 3.63) is 63.6 Å². The van der Waals surface area contributed by atoms with E-state index in [1.165, 1.54) is 6.21 Å². The van der Waals surface area contributed by atoms with Crippen molar-refractivity contribution >= 4 is 35.4 Å². The van der Waals surface area contributed by atoms with Crippen LogP contribution in [0.5, 0.6) is 5.75 Å². The predicted octanol–water partition coefficient (Wildman–Crippen LogP) is 3.57. The van der Waals surface area contributed by atoms with Crippen LogP contribution >= 0.6 is 23.2 Å². The molecular weight excluding hydrogens is 325 g/mol. The highest BCUT2D eigenvalue weighted by molar-refractivity contribution is 6.35. The van der Waals surface area contributed by atoms with Crippen molar-refractivity contribution in [2.24, 2.45) is 10.8 Å². The zero-order valence-corrected chi connectivity index (χ0v) is 12.9. The summed E-state index contributed by atoms with van der Waals surface area (Å²) in [6.45, 7) is 0.282. The Balaban J connectivity index is 2.09. The van der Waals surface area contributed by atoms with Gasteiger partial charge in [0, 0.05) is 21.2 Å². The smallest absolute Gasteiger partial charge is 0.332 e. The topological polar surface area (TPSA) is 76.7 Å². The van der Waals surface area contributed by atoms with E-state index in [4.69, 9.17) is 33.7 Å². The van der Waals surface area contributed by atoms with Crippen molar-refractivity contribution in [3.63, 3.8) is 0 Å². The van der Waals surface area contributed by atoms with Gasteiger partial charge in [0.05, 0.1) is 6.21 Å². The molecule has 2 amide bonds. The second kappa shape index (κ2) is 7.68. The van der Waals surface area contributed by atoms with Crippen molar-refractivity contribution in [2.45, 2.75) is 6.61 Å². The maximum absolute atomic E-state index is 10.6. The second-order valence-corrected chi connectivity index (χ2v) is 5.14. The van der Waals surface area contributed by atoms with Crippen LogP contribution in [-0.2, 0) is 6.61 Å². The van der Waals surface area contributed by atoms with Crippen LogP contribution in [0.2, 0.25) is 10.0 Å². The molecule has 3 N–H and O–H groups in total. The molecule has 0 spiro atoms. The molecule has 0 fully saturated rings. The minimum absolute atomic E-state index is 0.282. The molecule has 22 heavy (non-hydrogen) atoms. The minimum atomic E-state index is -0.734. The molecule has 0 unspecified atom stereocenters. The molecule has 5 nitrogen and oxygen atoms in total. The Morgan fingerprint density at radius 2 is 2.05 bits per heavy atom. The first-order chi connectivity index (χ1) is 10.6. The van der Waals surface area contributed by atoms with Gasteiger partial charge in [0.2, 0.25) is 0 Å². The molecule has 0 aliphatic rings. The number of hydrazone groups is 1. The van der Waals surface area contributed by atoms with E-state index in [0.29, 0.717) is 21.4 Å². The van der Waals surface area contributed by atoms with Crippen molar-refractivity contribution in [1.29, 1.82) is 0 Å². The normalized spacial score (nSPS) is 10.6. The van der Waals surface area contributed by atoms with Gasteiger partial charge in [-0.15, -0.1) is 0 Å². The van der Waals surface area contributed by atoms with Crippen LogP contribution in [0.15, 0.2) is 47.6 Å². The maximum Gasteiger partial charge on any atom is 0.332 e. The number of primary amides is 1. The molecular formula is C15H13Cl2N3O2. The van der Waals surface area contributed by atoms with E-state index in [-0.39, 0.29) is 6.61 Å². The largest absolute Gasteiger partial charge is 0.488 e. The van der Waals surface area contributed by atoms with Crippen molar-refractivity contribution in [3.8, 4) is 5.75 Å². The molecule has 0 heterocycles. The van der Waals surface area contributed by atoms with E-state index in [1.807, 2.05) is 12.1 Å². The van der Waals surface area contributed by atoms with Gasteiger partial charge in [0.1, 0.15) is 12.4 Å². The highest BCUT2D eigenvalue weighted by atomic mass is 35.5. The average molecular weight is 338 g/mol. The number of urea groups is 1. The van der Waals surface area contributed by atoms with Crippen LogP contribution < -0.4 is 15.9 Å². The van der Waals surface area contributed by atoms with Gasteiger partial charge in [-0.1, -0.05) is 41.4 Å². The molecule has 0 saturated heterocycles. The lowest BCUT2D eigenvalue weighted by atomic mass is 10.2. The Labute approximate surface area is 137 Å². The Morgan fingerprint density at radius 3 is 2.77 bits per heavy atom. The summed E-state index contributed by atoms with van der Waals surface area (Å²) in [7, 11) is 0. The Kier molecular flexibility index (Phi) is 5.63. The second-order valence-electron chi connectivity index (χ2n) is 4.30. The Morgan fingerprint density at radius 1 is 1.27 bits per heavy atom. The molecule has 2 aromatic carbocycles. The number of hydrogen-bond donors (Lipinski definition) is 2. The van der Waals surface area contributed by atoms with Gasteiger partial charge in [0.15, 0.2) is 0 Å². The van der Waals surface area contributed by atoms with Crippen LogP contribution in [0.1, 0.15) is 11.1 Å². The summed E-state index contributed by atoms with van der Waals surface area (Å²) < 4.78 is 5.74. The predicted molar refractivity (Wildman–Crippen MR) is 87.5 cm³/mol. The Hall–Kier alpha value is -2.24. The van der Waals surface area contributed by atoms with Gasteiger partial charge in [-0.2, -0.15) is 5.10 Å². The first kappa shape index (κ1) is 16.1. The first-order valence-electron chi connectivity index (χ1n) is 6.30. The minimum Gasteiger partial charge on any atom is -0.488 e. The van der Waals surface area contributed by atoms with Gasteiger partial charge in [-0.25, -0.2) is 10.2 Å². The summed E-state index contributed by atoms with van der Waals surface area (Å²) in [6, 6.07) is 11.7. The number of halogens is 2. The summed E-state index contributed by atoms with van der Waals surface area (Å²) >= 11 is 12.0. The number of para-hydroxylation sites is 1. The lowest BCUT2D eigenvalue weighted by Gasteiger charge is -2.10. The van der Waals surface area contributed by atoms with Crippen LogP contribution in [0.25, 0.3) is 0 Å². The number of hydrogen-bond acceptors (Lipinski definition) is 3. The molecule has 0 atom stereocenters. The molecule has 0 aliphatic carbocycles.